The smallest absolute Gasteiger partial charge is 0.100 e. The Bertz CT molecular complexity index is 110. The van der Waals surface area contributed by atoms with Crippen LogP contribution in [0.4, 0.5) is 5.82 Å². The fourth-order valence-corrected chi connectivity index (χ4v) is 0.344. The largest absolute Gasteiger partial charge is 0.385 e. The van der Waals surface area contributed by atoms with Crippen molar-refractivity contribution in [1.82, 2.24) is 4.98 Å². The van der Waals surface area contributed by atoms with Crippen LogP contribution >= 0.6 is 0 Å². The van der Waals surface area contributed by atoms with Crippen molar-refractivity contribution >= 4 is 5.82 Å². The van der Waals surface area contributed by atoms with E-state index in [1.54, 1.807) is 12.3 Å². The Morgan fingerprint density at radius 3 is 2.25 bits per heavy atom. The third-order valence-electron chi connectivity index (χ3n) is 0.622. The van der Waals surface area contributed by atoms with E-state index < -0.39 is 0 Å². The molecular formula is C6H12N2. The highest BCUT2D eigenvalue weighted by Crippen LogP contribution is 1.90. The van der Waals surface area contributed by atoms with Gasteiger partial charge in [0.05, 0.1) is 0 Å². The van der Waals surface area contributed by atoms with Crippen LogP contribution in [0.25, 0.3) is 0 Å². The van der Waals surface area contributed by atoms with Gasteiger partial charge in [0.25, 0.3) is 0 Å². The lowest BCUT2D eigenvalue weighted by Crippen LogP contribution is -1.79. The number of nitrogens with one attached hydrogen (secondary N) is 1. The average molecular weight is 112 g/mol. The highest BCUT2D eigenvalue weighted by molar-refractivity contribution is 5.26. The predicted octanol–water partition coefficient (Wildman–Crippen LogP) is 1.62. The molecule has 2 nitrogen and oxygen atoms in total. The lowest BCUT2D eigenvalue weighted by atomic mass is 10.6. The van der Waals surface area contributed by atoms with Crippen molar-refractivity contribution in [3.05, 3.63) is 18.3 Å². The van der Waals surface area contributed by atoms with Gasteiger partial charge in [0.2, 0.25) is 0 Å². The van der Waals surface area contributed by atoms with Crippen LogP contribution in [0.1, 0.15) is 13.8 Å². The van der Waals surface area contributed by atoms with E-state index in [1.165, 1.54) is 0 Å². The number of anilines is 1. The van der Waals surface area contributed by atoms with Crippen molar-refractivity contribution < 1.29 is 0 Å². The zero-order valence-electron chi connectivity index (χ0n) is 5.31. The molecule has 1 aromatic heterocycles. The monoisotopic (exact) mass is 112 g/mol. The summed E-state index contributed by atoms with van der Waals surface area (Å²) in [5.74, 6) is 0.718. The summed E-state index contributed by atoms with van der Waals surface area (Å²) in [6.07, 6.45) is 1.79. The van der Waals surface area contributed by atoms with Gasteiger partial charge in [0.15, 0.2) is 0 Å². The van der Waals surface area contributed by atoms with Crippen LogP contribution in [-0.4, -0.2) is 4.98 Å². The van der Waals surface area contributed by atoms with E-state index in [0.717, 1.165) is 5.82 Å². The molecule has 1 rings (SSSR count). The SMILES string of the molecule is CC.Nc1ccc[nH]1. The quantitative estimate of drug-likeness (QED) is 0.526. The van der Waals surface area contributed by atoms with Crippen molar-refractivity contribution in [2.24, 2.45) is 0 Å². The number of nitrogen functional groups attached to an aromatic ring is 1. The number of H-pyrrole nitrogens is 1. The summed E-state index contributed by atoms with van der Waals surface area (Å²) in [6, 6.07) is 3.66. The number of rotatable bonds is 0. The summed E-state index contributed by atoms with van der Waals surface area (Å²) in [4.78, 5) is 2.78. The first kappa shape index (κ1) is 7.08. The second kappa shape index (κ2) is 4.24. The van der Waals surface area contributed by atoms with Gasteiger partial charge < -0.3 is 10.7 Å². The maximum absolute atomic E-state index is 5.22. The van der Waals surface area contributed by atoms with E-state index in [1.807, 2.05) is 19.9 Å². The maximum atomic E-state index is 5.22. The molecule has 0 aliphatic heterocycles. The highest BCUT2D eigenvalue weighted by atomic mass is 14.8. The first-order valence-corrected chi connectivity index (χ1v) is 2.78. The lowest BCUT2D eigenvalue weighted by molar-refractivity contribution is 1.42. The molecule has 0 aliphatic rings. The van der Waals surface area contributed by atoms with Crippen LogP contribution in [0.3, 0.4) is 0 Å². The van der Waals surface area contributed by atoms with Gasteiger partial charge >= 0.3 is 0 Å². The van der Waals surface area contributed by atoms with E-state index in [-0.39, 0.29) is 0 Å². The fourth-order valence-electron chi connectivity index (χ4n) is 0.344. The molecule has 1 heterocycles. The molecule has 0 saturated heterocycles. The maximum Gasteiger partial charge on any atom is 0.100 e. The Morgan fingerprint density at radius 1 is 1.50 bits per heavy atom. The molecule has 0 aromatic carbocycles. The summed E-state index contributed by atoms with van der Waals surface area (Å²) < 4.78 is 0. The van der Waals surface area contributed by atoms with Gasteiger partial charge in [0, 0.05) is 6.20 Å². The average Bonchev–Trinajstić information content (AvgIpc) is 2.24. The zero-order valence-corrected chi connectivity index (χ0v) is 5.31. The Balaban J connectivity index is 0.000000222. The van der Waals surface area contributed by atoms with Gasteiger partial charge in [-0.15, -0.1) is 0 Å². The molecule has 0 spiro atoms. The molecular weight excluding hydrogens is 100 g/mol. The standard InChI is InChI=1S/C4H6N2.C2H6/c5-4-2-1-3-6-4;1-2/h1-3,6H,5H2;1-2H3. The molecule has 3 N–H and O–H groups in total. The van der Waals surface area contributed by atoms with Crippen molar-refractivity contribution in [2.45, 2.75) is 13.8 Å². The van der Waals surface area contributed by atoms with E-state index in [9.17, 15) is 0 Å². The van der Waals surface area contributed by atoms with E-state index in [0.29, 0.717) is 0 Å². The van der Waals surface area contributed by atoms with Crippen molar-refractivity contribution in [3.63, 3.8) is 0 Å². The third-order valence-corrected chi connectivity index (χ3v) is 0.622. The fraction of sp³-hybridized carbons (Fsp3) is 0.333. The first-order valence-electron chi connectivity index (χ1n) is 2.78. The molecule has 0 saturated carbocycles. The molecule has 0 amide bonds. The van der Waals surface area contributed by atoms with Gasteiger partial charge in [-0.25, -0.2) is 0 Å². The van der Waals surface area contributed by atoms with Gasteiger partial charge in [-0.1, -0.05) is 13.8 Å². The highest BCUT2D eigenvalue weighted by Gasteiger charge is 1.72. The third kappa shape index (κ3) is 2.29. The molecule has 46 valence electrons. The Morgan fingerprint density at radius 2 is 2.12 bits per heavy atom. The molecule has 0 radical (unpaired) electrons. The van der Waals surface area contributed by atoms with Gasteiger partial charge in [0.1, 0.15) is 5.82 Å². The van der Waals surface area contributed by atoms with Gasteiger partial charge in [-0.05, 0) is 12.1 Å². The summed E-state index contributed by atoms with van der Waals surface area (Å²) in [7, 11) is 0. The van der Waals surface area contributed by atoms with E-state index >= 15 is 0 Å². The predicted molar refractivity (Wildman–Crippen MR) is 36.6 cm³/mol. The number of hydrogen-bond donors (Lipinski definition) is 2. The van der Waals surface area contributed by atoms with Crippen molar-refractivity contribution in [2.75, 3.05) is 5.73 Å². The summed E-state index contributed by atoms with van der Waals surface area (Å²) in [6.45, 7) is 4.00. The molecule has 0 fully saturated rings. The number of hydrogen-bond acceptors (Lipinski definition) is 1. The van der Waals surface area contributed by atoms with Gasteiger partial charge in [-0.2, -0.15) is 0 Å². The minimum Gasteiger partial charge on any atom is -0.385 e. The van der Waals surface area contributed by atoms with Crippen LogP contribution < -0.4 is 5.73 Å². The summed E-state index contributed by atoms with van der Waals surface area (Å²) in [5.41, 5.74) is 5.22. The Labute approximate surface area is 49.7 Å². The number of aromatic amines is 1. The van der Waals surface area contributed by atoms with Gasteiger partial charge in [-0.3, -0.25) is 0 Å². The molecule has 0 unspecified atom stereocenters. The van der Waals surface area contributed by atoms with Crippen LogP contribution in [0.5, 0.6) is 0 Å². The summed E-state index contributed by atoms with van der Waals surface area (Å²) in [5, 5.41) is 0. The second-order valence-corrected chi connectivity index (χ2v) is 1.13. The minimum absolute atomic E-state index is 0.718. The number of nitrogens with two attached hydrogens (primary N) is 1. The van der Waals surface area contributed by atoms with Crippen molar-refractivity contribution in [3.8, 4) is 0 Å². The van der Waals surface area contributed by atoms with Crippen LogP contribution in [-0.2, 0) is 0 Å². The lowest BCUT2D eigenvalue weighted by Gasteiger charge is -1.72. The Hall–Kier alpha value is -0.920. The Kier molecular flexibility index (Phi) is 3.76. The van der Waals surface area contributed by atoms with Crippen LogP contribution in [0.2, 0.25) is 0 Å². The normalized spacial score (nSPS) is 7.25. The second-order valence-electron chi connectivity index (χ2n) is 1.13. The molecule has 0 aliphatic carbocycles. The molecule has 8 heavy (non-hydrogen) atoms. The topological polar surface area (TPSA) is 41.8 Å². The van der Waals surface area contributed by atoms with E-state index in [4.69, 9.17) is 5.73 Å². The first-order chi connectivity index (χ1) is 3.89. The molecule has 1 aromatic rings. The van der Waals surface area contributed by atoms with E-state index in [2.05, 4.69) is 4.98 Å². The molecule has 2 heteroatoms. The van der Waals surface area contributed by atoms with Crippen LogP contribution in [0.15, 0.2) is 18.3 Å². The van der Waals surface area contributed by atoms with Crippen molar-refractivity contribution in [1.29, 1.82) is 0 Å². The number of aromatic nitrogens is 1. The summed E-state index contributed by atoms with van der Waals surface area (Å²) >= 11 is 0. The molecule has 0 bridgehead atoms. The molecule has 0 atom stereocenters. The minimum atomic E-state index is 0.718. The zero-order chi connectivity index (χ0) is 6.41. The van der Waals surface area contributed by atoms with Crippen LogP contribution in [0, 0.1) is 0 Å².